The second kappa shape index (κ2) is 3.20. The van der Waals surface area contributed by atoms with Gasteiger partial charge in [-0.2, -0.15) is 0 Å². The van der Waals surface area contributed by atoms with Crippen LogP contribution >= 0.6 is 15.9 Å². The monoisotopic (exact) mass is 197 g/mol. The minimum atomic E-state index is 1.06. The molecule has 0 aromatic heterocycles. The third kappa shape index (κ3) is 1.84. The van der Waals surface area contributed by atoms with Gasteiger partial charge in [0.25, 0.3) is 0 Å². The Hall–Kier alpha value is -0.300. The molecule has 10 heavy (non-hydrogen) atoms. The maximum absolute atomic E-state index is 3.43. The Morgan fingerprint density at radius 1 is 1.50 bits per heavy atom. The molecule has 53 valence electrons. The first-order valence-electron chi connectivity index (χ1n) is 3.40. The normalized spacial score (nSPS) is 9.90. The van der Waals surface area contributed by atoms with E-state index in [-0.39, 0.29) is 0 Å². The van der Waals surface area contributed by atoms with Crippen LogP contribution in [0, 0.1) is 13.0 Å². The van der Waals surface area contributed by atoms with Crippen molar-refractivity contribution in [2.45, 2.75) is 20.3 Å². The predicted molar refractivity (Wildman–Crippen MR) is 47.1 cm³/mol. The first-order valence-corrected chi connectivity index (χ1v) is 4.20. The molecule has 1 aromatic carbocycles. The van der Waals surface area contributed by atoms with E-state index in [0.717, 1.165) is 10.9 Å². The number of benzene rings is 1. The smallest absolute Gasteiger partial charge is 0.0181 e. The van der Waals surface area contributed by atoms with Crippen LogP contribution in [0.5, 0.6) is 0 Å². The maximum Gasteiger partial charge on any atom is 0.0181 e. The molecule has 0 unspecified atom stereocenters. The Bertz CT molecular complexity index is 208. The summed E-state index contributed by atoms with van der Waals surface area (Å²) in [5.41, 5.74) is 2.47. The van der Waals surface area contributed by atoms with Crippen LogP contribution in [0.1, 0.15) is 18.1 Å². The maximum atomic E-state index is 3.43. The summed E-state index contributed by atoms with van der Waals surface area (Å²) in [4.78, 5) is 0. The van der Waals surface area contributed by atoms with Crippen molar-refractivity contribution < 1.29 is 0 Å². The number of hydrogen-bond acceptors (Lipinski definition) is 0. The Morgan fingerprint density at radius 2 is 2.20 bits per heavy atom. The zero-order valence-corrected chi connectivity index (χ0v) is 7.83. The molecule has 1 aromatic rings. The largest absolute Gasteiger partial charge is 0.0613 e. The molecule has 0 N–H and O–H groups in total. The van der Waals surface area contributed by atoms with Gasteiger partial charge in [-0.1, -0.05) is 22.9 Å². The van der Waals surface area contributed by atoms with Crippen molar-refractivity contribution in [3.8, 4) is 0 Å². The standard InChI is InChI=1S/C9H10Br/c1-3-8-4-7(2)5-9(10)6-8/h5-6H,3H2,1-2H3. The molecule has 0 nitrogen and oxygen atoms in total. The van der Waals surface area contributed by atoms with E-state index in [1.807, 2.05) is 0 Å². The molecular weight excluding hydrogens is 188 g/mol. The molecule has 0 fully saturated rings. The molecule has 1 heteroatoms. The molecule has 0 saturated heterocycles. The average molecular weight is 198 g/mol. The summed E-state index contributed by atoms with van der Waals surface area (Å²) in [6.45, 7) is 4.20. The lowest BCUT2D eigenvalue weighted by Gasteiger charge is -1.98. The Labute approximate surface area is 70.4 Å². The lowest BCUT2D eigenvalue weighted by atomic mass is 10.1. The van der Waals surface area contributed by atoms with E-state index in [1.165, 1.54) is 11.1 Å². The quantitative estimate of drug-likeness (QED) is 0.650. The van der Waals surface area contributed by atoms with Gasteiger partial charge in [-0.05, 0) is 42.7 Å². The van der Waals surface area contributed by atoms with Gasteiger partial charge in [-0.25, -0.2) is 0 Å². The van der Waals surface area contributed by atoms with E-state index in [9.17, 15) is 0 Å². The highest BCUT2D eigenvalue weighted by molar-refractivity contribution is 9.10. The van der Waals surface area contributed by atoms with Crippen molar-refractivity contribution in [2.24, 2.45) is 0 Å². The fraction of sp³-hybridized carbons (Fsp3) is 0.333. The van der Waals surface area contributed by atoms with Gasteiger partial charge < -0.3 is 0 Å². The van der Waals surface area contributed by atoms with Gasteiger partial charge in [0.15, 0.2) is 0 Å². The van der Waals surface area contributed by atoms with E-state index in [4.69, 9.17) is 0 Å². The Balaban J connectivity index is 3.06. The SMILES string of the molecule is CCc1[c]c(C)cc(Br)c1. The Kier molecular flexibility index (Phi) is 2.50. The molecule has 0 aliphatic carbocycles. The summed E-state index contributed by atoms with van der Waals surface area (Å²) in [6.07, 6.45) is 1.06. The second-order valence-corrected chi connectivity index (χ2v) is 3.28. The highest BCUT2D eigenvalue weighted by Gasteiger charge is 1.93. The Morgan fingerprint density at radius 3 is 2.70 bits per heavy atom. The third-order valence-corrected chi connectivity index (χ3v) is 1.86. The van der Waals surface area contributed by atoms with Crippen LogP contribution in [0.4, 0.5) is 0 Å². The molecule has 0 heterocycles. The van der Waals surface area contributed by atoms with Crippen LogP contribution < -0.4 is 0 Å². The fourth-order valence-electron chi connectivity index (χ4n) is 0.931. The number of hydrogen-bond donors (Lipinski definition) is 0. The first-order chi connectivity index (χ1) is 4.72. The van der Waals surface area contributed by atoms with E-state index < -0.39 is 0 Å². The van der Waals surface area contributed by atoms with Crippen LogP contribution in [0.2, 0.25) is 0 Å². The minimum Gasteiger partial charge on any atom is -0.0613 e. The fourth-order valence-corrected chi connectivity index (χ4v) is 1.55. The summed E-state index contributed by atoms with van der Waals surface area (Å²) < 4.78 is 1.15. The van der Waals surface area contributed by atoms with Gasteiger partial charge in [0.2, 0.25) is 0 Å². The van der Waals surface area contributed by atoms with Gasteiger partial charge in [-0.3, -0.25) is 0 Å². The van der Waals surface area contributed by atoms with Crippen molar-refractivity contribution in [3.05, 3.63) is 33.8 Å². The molecule has 0 amide bonds. The molecular formula is C9H10Br. The summed E-state index contributed by atoms with van der Waals surface area (Å²) >= 11 is 3.43. The number of rotatable bonds is 1. The van der Waals surface area contributed by atoms with Gasteiger partial charge >= 0.3 is 0 Å². The van der Waals surface area contributed by atoms with Gasteiger partial charge in [0, 0.05) is 4.47 Å². The van der Waals surface area contributed by atoms with Crippen LogP contribution in [0.3, 0.4) is 0 Å². The first kappa shape index (κ1) is 7.80. The van der Waals surface area contributed by atoms with Crippen LogP contribution in [-0.4, -0.2) is 0 Å². The second-order valence-electron chi connectivity index (χ2n) is 2.36. The molecule has 0 aliphatic heterocycles. The van der Waals surface area contributed by atoms with Crippen LogP contribution in [-0.2, 0) is 6.42 Å². The van der Waals surface area contributed by atoms with Crippen molar-refractivity contribution in [1.29, 1.82) is 0 Å². The van der Waals surface area contributed by atoms with Gasteiger partial charge in [-0.15, -0.1) is 0 Å². The highest BCUT2D eigenvalue weighted by atomic mass is 79.9. The van der Waals surface area contributed by atoms with Crippen molar-refractivity contribution in [1.82, 2.24) is 0 Å². The van der Waals surface area contributed by atoms with Gasteiger partial charge in [0.1, 0.15) is 0 Å². The van der Waals surface area contributed by atoms with E-state index >= 15 is 0 Å². The summed E-state index contributed by atoms with van der Waals surface area (Å²) in [5.74, 6) is 0. The van der Waals surface area contributed by atoms with Crippen molar-refractivity contribution >= 4 is 15.9 Å². The zero-order valence-electron chi connectivity index (χ0n) is 6.24. The molecule has 1 rings (SSSR count). The molecule has 0 aliphatic rings. The van der Waals surface area contributed by atoms with Crippen molar-refractivity contribution in [3.63, 3.8) is 0 Å². The van der Waals surface area contributed by atoms with E-state index in [1.54, 1.807) is 0 Å². The predicted octanol–water partition coefficient (Wildman–Crippen LogP) is 3.12. The number of aryl methyl sites for hydroxylation is 2. The van der Waals surface area contributed by atoms with Crippen LogP contribution in [0.25, 0.3) is 0 Å². The lowest BCUT2D eigenvalue weighted by molar-refractivity contribution is 1.12. The molecule has 0 saturated carbocycles. The summed E-state index contributed by atoms with van der Waals surface area (Å²) in [7, 11) is 0. The minimum absolute atomic E-state index is 1.06. The third-order valence-electron chi connectivity index (χ3n) is 1.41. The number of halogens is 1. The zero-order chi connectivity index (χ0) is 7.56. The van der Waals surface area contributed by atoms with E-state index in [0.29, 0.717) is 0 Å². The summed E-state index contributed by atoms with van der Waals surface area (Å²) in [5, 5.41) is 0. The molecule has 0 spiro atoms. The molecule has 0 atom stereocenters. The summed E-state index contributed by atoms with van der Waals surface area (Å²) in [6, 6.07) is 7.44. The average Bonchev–Trinajstić information content (AvgIpc) is 1.85. The lowest BCUT2D eigenvalue weighted by Crippen LogP contribution is -1.82. The van der Waals surface area contributed by atoms with Gasteiger partial charge in [0.05, 0.1) is 0 Å². The topological polar surface area (TPSA) is 0 Å². The molecule has 1 radical (unpaired) electrons. The van der Waals surface area contributed by atoms with Crippen LogP contribution in [0.15, 0.2) is 16.6 Å². The van der Waals surface area contributed by atoms with Crippen molar-refractivity contribution in [2.75, 3.05) is 0 Å². The van der Waals surface area contributed by atoms with E-state index in [2.05, 4.69) is 48.0 Å². The molecule has 0 bridgehead atoms. The highest BCUT2D eigenvalue weighted by Crippen LogP contribution is 2.14.